The summed E-state index contributed by atoms with van der Waals surface area (Å²) in [5.74, 6) is 0.0605. The Morgan fingerprint density at radius 3 is 2.84 bits per heavy atom. The smallest absolute Gasteiger partial charge is 0.287 e. The summed E-state index contributed by atoms with van der Waals surface area (Å²) in [5.41, 5.74) is 6.91. The summed E-state index contributed by atoms with van der Waals surface area (Å²) in [6.07, 6.45) is 0. The number of rotatable bonds is 3. The van der Waals surface area contributed by atoms with Crippen molar-refractivity contribution in [2.45, 2.75) is 19.9 Å². The van der Waals surface area contributed by atoms with Crippen LogP contribution in [-0.2, 0) is 0 Å². The van der Waals surface area contributed by atoms with Gasteiger partial charge in [0, 0.05) is 28.6 Å². The monoisotopic (exact) mass is 302 g/mol. The third-order valence-electron chi connectivity index (χ3n) is 2.84. The van der Waals surface area contributed by atoms with Crippen LogP contribution in [0.4, 0.5) is 0 Å². The highest BCUT2D eigenvalue weighted by Gasteiger charge is 2.18. The minimum absolute atomic E-state index is 0. The topological polar surface area (TPSA) is 68.3 Å². The van der Waals surface area contributed by atoms with Crippen LogP contribution < -0.4 is 11.1 Å². The molecule has 0 spiro atoms. The van der Waals surface area contributed by atoms with Crippen LogP contribution in [-0.4, -0.2) is 18.5 Å². The van der Waals surface area contributed by atoms with Crippen LogP contribution >= 0.6 is 24.0 Å². The van der Waals surface area contributed by atoms with Crippen LogP contribution in [0.15, 0.2) is 22.6 Å². The van der Waals surface area contributed by atoms with Crippen LogP contribution in [0.2, 0.25) is 5.02 Å². The van der Waals surface area contributed by atoms with Crippen molar-refractivity contribution in [3.63, 3.8) is 0 Å². The summed E-state index contributed by atoms with van der Waals surface area (Å²) < 4.78 is 5.55. The molecule has 0 saturated carbocycles. The molecule has 1 heterocycles. The molecule has 0 aliphatic heterocycles. The molecule has 0 unspecified atom stereocenters. The number of amides is 1. The van der Waals surface area contributed by atoms with Gasteiger partial charge in [0.25, 0.3) is 5.91 Å². The number of nitrogens with two attached hydrogens (primary N) is 1. The van der Waals surface area contributed by atoms with Gasteiger partial charge >= 0.3 is 0 Å². The first-order valence-corrected chi connectivity index (χ1v) is 6.10. The normalized spacial score (nSPS) is 12.0. The van der Waals surface area contributed by atoms with Crippen LogP contribution in [0.3, 0.4) is 0 Å². The summed E-state index contributed by atoms with van der Waals surface area (Å²) in [4.78, 5) is 12.0. The second kappa shape index (κ2) is 6.28. The Balaban J connectivity index is 0.00000180. The molecule has 0 aliphatic rings. The molecule has 1 aromatic carbocycles. The zero-order chi connectivity index (χ0) is 13.3. The largest absolute Gasteiger partial charge is 0.451 e. The molecule has 6 heteroatoms. The third-order valence-corrected chi connectivity index (χ3v) is 3.07. The van der Waals surface area contributed by atoms with Gasteiger partial charge in [0.05, 0.1) is 0 Å². The lowest BCUT2D eigenvalue weighted by Gasteiger charge is -2.09. The molecule has 0 radical (unpaired) electrons. The lowest BCUT2D eigenvalue weighted by molar-refractivity contribution is 0.0914. The van der Waals surface area contributed by atoms with Gasteiger partial charge < -0.3 is 15.5 Å². The SMILES string of the molecule is Cc1c(C(=O)N[C@@H](C)CN)oc2ccc(Cl)cc12.Cl. The predicted octanol–water partition coefficient (Wildman–Crippen LogP) is 2.89. The molecule has 3 N–H and O–H groups in total. The fraction of sp³-hybridized carbons (Fsp3) is 0.308. The molecular weight excluding hydrogens is 287 g/mol. The number of nitrogens with one attached hydrogen (secondary N) is 1. The number of halogens is 2. The highest BCUT2D eigenvalue weighted by molar-refractivity contribution is 6.31. The van der Waals surface area contributed by atoms with Crippen LogP contribution in [0.25, 0.3) is 11.0 Å². The second-order valence-electron chi connectivity index (χ2n) is 4.31. The number of carbonyl (C=O) groups excluding carboxylic acids is 1. The van der Waals surface area contributed by atoms with Gasteiger partial charge in [-0.1, -0.05) is 11.6 Å². The zero-order valence-corrected chi connectivity index (χ0v) is 12.3. The van der Waals surface area contributed by atoms with Crippen molar-refractivity contribution in [2.75, 3.05) is 6.54 Å². The Labute approximate surface area is 122 Å². The maximum atomic E-state index is 12.0. The summed E-state index contributed by atoms with van der Waals surface area (Å²) in [6.45, 7) is 4.06. The van der Waals surface area contributed by atoms with E-state index in [1.807, 2.05) is 13.8 Å². The van der Waals surface area contributed by atoms with Crippen LogP contribution in [0, 0.1) is 6.92 Å². The van der Waals surface area contributed by atoms with Gasteiger partial charge in [-0.15, -0.1) is 12.4 Å². The van der Waals surface area contributed by atoms with E-state index < -0.39 is 0 Å². The Morgan fingerprint density at radius 2 is 2.21 bits per heavy atom. The maximum Gasteiger partial charge on any atom is 0.287 e. The Kier molecular flexibility index (Phi) is 5.23. The van der Waals surface area contributed by atoms with Gasteiger partial charge in [-0.3, -0.25) is 4.79 Å². The first-order valence-electron chi connectivity index (χ1n) is 5.72. The van der Waals surface area contributed by atoms with E-state index in [0.717, 1.165) is 10.9 Å². The van der Waals surface area contributed by atoms with Gasteiger partial charge in [0.2, 0.25) is 0 Å². The minimum Gasteiger partial charge on any atom is -0.451 e. The van der Waals surface area contributed by atoms with Gasteiger partial charge in [-0.2, -0.15) is 0 Å². The van der Waals surface area contributed by atoms with Crippen molar-refractivity contribution >= 4 is 40.9 Å². The number of hydrogen-bond donors (Lipinski definition) is 2. The Bertz CT molecular complexity index is 596. The number of benzene rings is 1. The molecule has 104 valence electrons. The number of furan rings is 1. The average Bonchev–Trinajstić information content (AvgIpc) is 2.66. The Hall–Kier alpha value is -1.23. The van der Waals surface area contributed by atoms with E-state index in [1.54, 1.807) is 18.2 Å². The molecule has 1 amide bonds. The zero-order valence-electron chi connectivity index (χ0n) is 10.7. The van der Waals surface area contributed by atoms with E-state index in [0.29, 0.717) is 22.9 Å². The molecule has 0 fully saturated rings. The first kappa shape index (κ1) is 15.8. The van der Waals surface area contributed by atoms with Crippen LogP contribution in [0.1, 0.15) is 23.0 Å². The van der Waals surface area contributed by atoms with E-state index in [9.17, 15) is 4.79 Å². The van der Waals surface area contributed by atoms with Crippen molar-refractivity contribution in [1.29, 1.82) is 0 Å². The number of aryl methyl sites for hydroxylation is 1. The molecule has 0 aliphatic carbocycles. The van der Waals surface area contributed by atoms with E-state index in [1.165, 1.54) is 0 Å². The highest BCUT2D eigenvalue weighted by Crippen LogP contribution is 2.27. The van der Waals surface area contributed by atoms with E-state index in [-0.39, 0.29) is 24.4 Å². The second-order valence-corrected chi connectivity index (χ2v) is 4.74. The van der Waals surface area contributed by atoms with E-state index in [4.69, 9.17) is 21.8 Å². The average molecular weight is 303 g/mol. The van der Waals surface area contributed by atoms with Gasteiger partial charge in [0.15, 0.2) is 5.76 Å². The molecule has 1 aromatic heterocycles. The standard InChI is InChI=1S/C13H15ClN2O2.ClH/c1-7(6-15)16-13(17)12-8(2)10-5-9(14)3-4-11(10)18-12;/h3-5,7H,6,15H2,1-2H3,(H,16,17);1H/t7-;/m0./s1. The van der Waals surface area contributed by atoms with Gasteiger partial charge in [0.1, 0.15) is 5.58 Å². The number of hydrogen-bond acceptors (Lipinski definition) is 3. The van der Waals surface area contributed by atoms with Gasteiger partial charge in [-0.25, -0.2) is 0 Å². The lowest BCUT2D eigenvalue weighted by atomic mass is 10.1. The molecule has 4 nitrogen and oxygen atoms in total. The molecule has 2 rings (SSSR count). The molecule has 2 aromatic rings. The van der Waals surface area contributed by atoms with E-state index in [2.05, 4.69) is 5.32 Å². The lowest BCUT2D eigenvalue weighted by Crippen LogP contribution is -2.37. The maximum absolute atomic E-state index is 12.0. The highest BCUT2D eigenvalue weighted by atomic mass is 35.5. The fourth-order valence-corrected chi connectivity index (χ4v) is 1.93. The number of fused-ring (bicyclic) bond motifs is 1. The molecule has 0 bridgehead atoms. The van der Waals surface area contributed by atoms with E-state index >= 15 is 0 Å². The number of carbonyl (C=O) groups is 1. The Morgan fingerprint density at radius 1 is 1.53 bits per heavy atom. The van der Waals surface area contributed by atoms with Crippen molar-refractivity contribution < 1.29 is 9.21 Å². The van der Waals surface area contributed by atoms with Gasteiger partial charge in [-0.05, 0) is 32.0 Å². The summed E-state index contributed by atoms with van der Waals surface area (Å²) in [6, 6.07) is 5.19. The van der Waals surface area contributed by atoms with Crippen molar-refractivity contribution in [3.05, 3.63) is 34.5 Å². The third kappa shape index (κ3) is 3.21. The van der Waals surface area contributed by atoms with Crippen molar-refractivity contribution in [2.24, 2.45) is 5.73 Å². The predicted molar refractivity (Wildman–Crippen MR) is 79.2 cm³/mol. The molecule has 1 atom stereocenters. The summed E-state index contributed by atoms with van der Waals surface area (Å²) in [7, 11) is 0. The fourth-order valence-electron chi connectivity index (χ4n) is 1.76. The van der Waals surface area contributed by atoms with Crippen LogP contribution in [0.5, 0.6) is 0 Å². The summed E-state index contributed by atoms with van der Waals surface area (Å²) in [5, 5.41) is 4.25. The first-order chi connectivity index (χ1) is 8.52. The quantitative estimate of drug-likeness (QED) is 0.916. The summed E-state index contributed by atoms with van der Waals surface area (Å²) >= 11 is 5.93. The molecule has 0 saturated heterocycles. The molecule has 19 heavy (non-hydrogen) atoms. The molecular formula is C13H16Cl2N2O2. The van der Waals surface area contributed by atoms with Crippen molar-refractivity contribution in [1.82, 2.24) is 5.32 Å². The van der Waals surface area contributed by atoms with Crippen molar-refractivity contribution in [3.8, 4) is 0 Å². The minimum atomic E-state index is -0.252.